The molecule has 1 rings (SSSR count). The first-order chi connectivity index (χ1) is 7.34. The van der Waals surface area contributed by atoms with Crippen LogP contribution in [-0.2, 0) is 11.2 Å². The predicted molar refractivity (Wildman–Crippen MR) is 66.4 cm³/mol. The Kier molecular flexibility index (Phi) is 3.68. The predicted octanol–water partition coefficient (Wildman–Crippen LogP) is 2.94. The van der Waals surface area contributed by atoms with E-state index >= 15 is 0 Å². The van der Waals surface area contributed by atoms with Crippen molar-refractivity contribution in [2.45, 2.75) is 41.0 Å². The van der Waals surface area contributed by atoms with Gasteiger partial charge < -0.3 is 5.32 Å². The smallest absolute Gasteiger partial charge is 0.230 e. The molecule has 0 radical (unpaired) electrons. The maximum atomic E-state index is 11.8. The fraction of sp³-hybridized carbons (Fsp3) is 0.538. The Morgan fingerprint density at radius 1 is 1.38 bits per heavy atom. The average molecular weight is 220 g/mol. The second kappa shape index (κ2) is 4.64. The van der Waals surface area contributed by atoms with E-state index in [0.717, 1.165) is 17.7 Å². The summed E-state index contributed by atoms with van der Waals surface area (Å²) in [6.45, 7) is 9.67. The van der Waals surface area contributed by atoms with Gasteiger partial charge in [-0.25, -0.2) is 4.98 Å². The van der Waals surface area contributed by atoms with Crippen LogP contribution in [0.4, 0.5) is 5.82 Å². The Morgan fingerprint density at radius 3 is 2.50 bits per heavy atom. The lowest BCUT2D eigenvalue weighted by molar-refractivity contribution is -0.123. The van der Waals surface area contributed by atoms with E-state index in [1.54, 1.807) is 0 Å². The monoisotopic (exact) mass is 220 g/mol. The number of nitrogens with one attached hydrogen (secondary N) is 1. The molecule has 0 saturated carbocycles. The molecule has 0 unspecified atom stereocenters. The molecule has 0 bridgehead atoms. The highest BCUT2D eigenvalue weighted by Crippen LogP contribution is 2.18. The summed E-state index contributed by atoms with van der Waals surface area (Å²) in [4.78, 5) is 16.2. The number of amides is 1. The number of aromatic nitrogens is 1. The number of hydrogen-bond acceptors (Lipinski definition) is 2. The summed E-state index contributed by atoms with van der Waals surface area (Å²) in [5.41, 5.74) is 1.60. The van der Waals surface area contributed by atoms with Crippen molar-refractivity contribution < 1.29 is 4.79 Å². The van der Waals surface area contributed by atoms with Gasteiger partial charge in [-0.2, -0.15) is 0 Å². The highest BCUT2D eigenvalue weighted by molar-refractivity contribution is 5.94. The SMILES string of the molecule is CCc1ccc(C)c(NC(=O)C(C)(C)C)n1. The van der Waals surface area contributed by atoms with Gasteiger partial charge in [0.2, 0.25) is 5.91 Å². The molecule has 0 saturated heterocycles. The number of hydrogen-bond donors (Lipinski definition) is 1. The molecule has 3 nitrogen and oxygen atoms in total. The first-order valence-electron chi connectivity index (χ1n) is 5.62. The topological polar surface area (TPSA) is 42.0 Å². The van der Waals surface area contributed by atoms with Crippen LogP contribution in [-0.4, -0.2) is 10.9 Å². The molecule has 1 N–H and O–H groups in total. The fourth-order valence-electron chi connectivity index (χ4n) is 1.19. The molecule has 3 heteroatoms. The number of anilines is 1. The molecular formula is C13H20N2O. The standard InChI is InChI=1S/C13H20N2O/c1-6-10-8-7-9(2)11(14-10)15-12(16)13(3,4)5/h7-8H,6H2,1-5H3,(H,14,15,16). The summed E-state index contributed by atoms with van der Waals surface area (Å²) in [7, 11) is 0. The van der Waals surface area contributed by atoms with Crippen LogP contribution >= 0.6 is 0 Å². The summed E-state index contributed by atoms with van der Waals surface area (Å²) >= 11 is 0. The largest absolute Gasteiger partial charge is 0.310 e. The molecule has 0 aliphatic rings. The molecule has 0 aliphatic heterocycles. The number of carbonyl (C=O) groups is 1. The van der Waals surface area contributed by atoms with E-state index in [1.165, 1.54) is 0 Å². The van der Waals surface area contributed by atoms with E-state index in [4.69, 9.17) is 0 Å². The third-order valence-corrected chi connectivity index (χ3v) is 2.43. The molecule has 0 fully saturated rings. The number of carbonyl (C=O) groups excluding carboxylic acids is 1. The Labute approximate surface area is 97.3 Å². The van der Waals surface area contributed by atoms with Gasteiger partial charge in [-0.1, -0.05) is 33.8 Å². The molecule has 0 spiro atoms. The lowest BCUT2D eigenvalue weighted by Crippen LogP contribution is -2.28. The average Bonchev–Trinajstić information content (AvgIpc) is 2.19. The second-order valence-corrected chi connectivity index (χ2v) is 5.03. The normalized spacial score (nSPS) is 11.3. The quantitative estimate of drug-likeness (QED) is 0.832. The molecule has 16 heavy (non-hydrogen) atoms. The van der Waals surface area contributed by atoms with Gasteiger partial charge in [-0.3, -0.25) is 4.79 Å². The first-order valence-corrected chi connectivity index (χ1v) is 5.62. The van der Waals surface area contributed by atoms with E-state index < -0.39 is 5.41 Å². The summed E-state index contributed by atoms with van der Waals surface area (Å²) in [5.74, 6) is 0.677. The van der Waals surface area contributed by atoms with Crippen LogP contribution in [0.1, 0.15) is 39.0 Å². The van der Waals surface area contributed by atoms with Crippen molar-refractivity contribution in [1.82, 2.24) is 4.98 Å². The molecule has 1 heterocycles. The first kappa shape index (κ1) is 12.7. The zero-order chi connectivity index (χ0) is 12.3. The summed E-state index contributed by atoms with van der Waals surface area (Å²) in [6.07, 6.45) is 0.874. The molecule has 1 aromatic rings. The minimum absolute atomic E-state index is 0.00338. The summed E-state index contributed by atoms with van der Waals surface area (Å²) in [5, 5.41) is 2.87. The van der Waals surface area contributed by atoms with Crippen LogP contribution in [0.2, 0.25) is 0 Å². The van der Waals surface area contributed by atoms with Crippen LogP contribution in [0.3, 0.4) is 0 Å². The van der Waals surface area contributed by atoms with Gasteiger partial charge in [0.25, 0.3) is 0 Å². The van der Waals surface area contributed by atoms with E-state index in [9.17, 15) is 4.79 Å². The Hall–Kier alpha value is -1.38. The molecule has 0 atom stereocenters. The maximum Gasteiger partial charge on any atom is 0.230 e. The summed E-state index contributed by atoms with van der Waals surface area (Å²) in [6, 6.07) is 3.98. The van der Waals surface area contributed by atoms with Gasteiger partial charge >= 0.3 is 0 Å². The van der Waals surface area contributed by atoms with Crippen molar-refractivity contribution >= 4 is 11.7 Å². The molecule has 0 aromatic carbocycles. The molecule has 1 aromatic heterocycles. The zero-order valence-corrected chi connectivity index (χ0v) is 10.7. The maximum absolute atomic E-state index is 11.8. The Morgan fingerprint density at radius 2 is 2.00 bits per heavy atom. The zero-order valence-electron chi connectivity index (χ0n) is 10.7. The third kappa shape index (κ3) is 3.05. The Bertz CT molecular complexity index is 391. The van der Waals surface area contributed by atoms with E-state index in [1.807, 2.05) is 46.8 Å². The van der Waals surface area contributed by atoms with Gasteiger partial charge in [0, 0.05) is 11.1 Å². The number of rotatable bonds is 2. The summed E-state index contributed by atoms with van der Waals surface area (Å²) < 4.78 is 0. The van der Waals surface area contributed by atoms with E-state index in [2.05, 4.69) is 10.3 Å². The van der Waals surface area contributed by atoms with Gasteiger partial charge in [0.05, 0.1) is 0 Å². The lowest BCUT2D eigenvalue weighted by atomic mass is 9.95. The molecular weight excluding hydrogens is 200 g/mol. The van der Waals surface area contributed by atoms with Gasteiger partial charge in [-0.15, -0.1) is 0 Å². The van der Waals surface area contributed by atoms with Gasteiger partial charge in [-0.05, 0) is 25.0 Å². The number of nitrogens with zero attached hydrogens (tertiary/aromatic N) is 1. The molecule has 1 amide bonds. The molecule has 0 aliphatic carbocycles. The van der Waals surface area contributed by atoms with E-state index in [0.29, 0.717) is 5.82 Å². The van der Waals surface area contributed by atoms with Crippen LogP contribution in [0.5, 0.6) is 0 Å². The van der Waals surface area contributed by atoms with Crippen molar-refractivity contribution in [3.63, 3.8) is 0 Å². The lowest BCUT2D eigenvalue weighted by Gasteiger charge is -2.18. The van der Waals surface area contributed by atoms with Crippen molar-refractivity contribution in [3.8, 4) is 0 Å². The minimum atomic E-state index is -0.393. The highest BCUT2D eigenvalue weighted by atomic mass is 16.2. The van der Waals surface area contributed by atoms with Gasteiger partial charge in [0.1, 0.15) is 5.82 Å². The highest BCUT2D eigenvalue weighted by Gasteiger charge is 2.22. The van der Waals surface area contributed by atoms with Crippen LogP contribution in [0, 0.1) is 12.3 Å². The van der Waals surface area contributed by atoms with Crippen LogP contribution < -0.4 is 5.32 Å². The van der Waals surface area contributed by atoms with E-state index in [-0.39, 0.29) is 5.91 Å². The third-order valence-electron chi connectivity index (χ3n) is 2.43. The van der Waals surface area contributed by atoms with Gasteiger partial charge in [0.15, 0.2) is 0 Å². The second-order valence-electron chi connectivity index (χ2n) is 5.03. The van der Waals surface area contributed by atoms with Crippen molar-refractivity contribution in [2.24, 2.45) is 5.41 Å². The molecule has 88 valence electrons. The Balaban J connectivity index is 2.92. The number of aryl methyl sites for hydroxylation is 2. The van der Waals surface area contributed by atoms with Crippen LogP contribution in [0.15, 0.2) is 12.1 Å². The van der Waals surface area contributed by atoms with Crippen molar-refractivity contribution in [2.75, 3.05) is 5.32 Å². The van der Waals surface area contributed by atoms with Crippen LogP contribution in [0.25, 0.3) is 0 Å². The number of pyridine rings is 1. The van der Waals surface area contributed by atoms with Crippen molar-refractivity contribution in [1.29, 1.82) is 0 Å². The van der Waals surface area contributed by atoms with Crippen molar-refractivity contribution in [3.05, 3.63) is 23.4 Å². The minimum Gasteiger partial charge on any atom is -0.310 e. The fourth-order valence-corrected chi connectivity index (χ4v) is 1.19.